The molecule has 2 N–H and O–H groups in total. The van der Waals surface area contributed by atoms with Crippen LogP contribution < -0.4 is 10.6 Å². The summed E-state index contributed by atoms with van der Waals surface area (Å²) in [5, 5.41) is 12.1. The fourth-order valence-electron chi connectivity index (χ4n) is 10.4. The minimum absolute atomic E-state index is 0.00943. The van der Waals surface area contributed by atoms with E-state index in [1.54, 1.807) is 0 Å². The minimum atomic E-state index is -1.41. The maximum atomic E-state index is 15.4. The first kappa shape index (κ1) is 50.5. The zero-order chi connectivity index (χ0) is 52.8. The summed E-state index contributed by atoms with van der Waals surface area (Å²) >= 11 is 15.3. The average Bonchev–Trinajstić information content (AvgIpc) is 3.90. The van der Waals surface area contributed by atoms with E-state index in [4.69, 9.17) is 42.9 Å². The molecule has 0 spiro atoms. The summed E-state index contributed by atoms with van der Waals surface area (Å²) in [5.41, 5.74) is 3.66. The number of thiazole rings is 1. The molecule has 2 amide bonds. The van der Waals surface area contributed by atoms with Crippen LogP contribution in [0.3, 0.4) is 0 Å². The Balaban J connectivity index is 0.988. The maximum Gasteiger partial charge on any atom is 0.357 e. The Labute approximate surface area is 460 Å². The first-order valence-electron chi connectivity index (χ1n) is 25.1. The second kappa shape index (κ2) is 22.3. The van der Waals surface area contributed by atoms with Gasteiger partial charge in [0.1, 0.15) is 27.3 Å². The van der Waals surface area contributed by atoms with Crippen molar-refractivity contribution in [3.05, 3.63) is 308 Å². The number of nitrogens with zero attached hydrogens (tertiary/aromatic N) is 3. The van der Waals surface area contributed by atoms with Gasteiger partial charge in [0.05, 0.1) is 6.04 Å². The Morgan fingerprint density at radius 3 is 1.43 bits per heavy atom. The number of carbonyl (C=O) groups excluding carboxylic acids is 3. The minimum Gasteiger partial charge on any atom is -0.448 e. The van der Waals surface area contributed by atoms with Crippen LogP contribution in [0.25, 0.3) is 0 Å². The van der Waals surface area contributed by atoms with Crippen molar-refractivity contribution in [3.63, 3.8) is 0 Å². The number of anilines is 1. The van der Waals surface area contributed by atoms with Crippen LogP contribution in [0.2, 0.25) is 4.34 Å². The topological polar surface area (TPSA) is 122 Å². The van der Waals surface area contributed by atoms with Gasteiger partial charge in [0.2, 0.25) is 5.60 Å². The molecule has 10 nitrogen and oxygen atoms in total. The first-order chi connectivity index (χ1) is 37.8. The van der Waals surface area contributed by atoms with Crippen molar-refractivity contribution < 1.29 is 24.0 Å². The van der Waals surface area contributed by atoms with Gasteiger partial charge in [-0.2, -0.15) is 0 Å². The maximum absolute atomic E-state index is 15.4. The van der Waals surface area contributed by atoms with E-state index in [1.807, 2.05) is 206 Å². The number of esters is 1. The molecular weight excluding hydrogens is 1020 g/mol. The van der Waals surface area contributed by atoms with Gasteiger partial charge in [0.15, 0.2) is 16.9 Å². The number of hydrogen-bond acceptors (Lipinski definition) is 9. The van der Waals surface area contributed by atoms with Gasteiger partial charge in [-0.15, -0.1) is 0 Å². The highest BCUT2D eigenvalue weighted by molar-refractivity contribution is 7.20. The molecule has 1 saturated heterocycles. The van der Waals surface area contributed by atoms with Crippen molar-refractivity contribution in [2.75, 3.05) is 5.32 Å². The van der Waals surface area contributed by atoms with Gasteiger partial charge in [-0.1, -0.05) is 282 Å². The molecule has 8 aromatic carbocycles. The van der Waals surface area contributed by atoms with Crippen LogP contribution in [0.5, 0.6) is 0 Å². The zero-order valence-electron chi connectivity index (χ0n) is 41.3. The number of amides is 2. The van der Waals surface area contributed by atoms with Gasteiger partial charge < -0.3 is 20.2 Å². The van der Waals surface area contributed by atoms with Gasteiger partial charge in [0, 0.05) is 21.7 Å². The van der Waals surface area contributed by atoms with Crippen molar-refractivity contribution >= 4 is 63.2 Å². The van der Waals surface area contributed by atoms with Crippen LogP contribution in [0.1, 0.15) is 69.1 Å². The number of fused-ring (bicyclic) bond motifs is 1. The molecule has 0 radical (unpaired) electrons. The number of nitrogens with one attached hydrogen (secondary N) is 2. The predicted octanol–water partition coefficient (Wildman–Crippen LogP) is 13.2. The smallest absolute Gasteiger partial charge is 0.357 e. The molecule has 0 bridgehead atoms. The highest BCUT2D eigenvalue weighted by Crippen LogP contribution is 2.45. The number of hydrogen-bond donors (Lipinski definition) is 2. The third kappa shape index (κ3) is 9.81. The Kier molecular flexibility index (Phi) is 14.6. The highest BCUT2D eigenvalue weighted by atomic mass is 35.5. The number of β-lactam (4-membered cyclic amide) rings is 1. The molecule has 13 heteroatoms. The van der Waals surface area contributed by atoms with E-state index in [-0.39, 0.29) is 32.9 Å². The van der Waals surface area contributed by atoms with Crippen LogP contribution in [-0.2, 0) is 35.1 Å². The van der Waals surface area contributed by atoms with E-state index < -0.39 is 47.1 Å². The van der Waals surface area contributed by atoms with Crippen LogP contribution in [0, 0.1) is 0 Å². The number of oxime groups is 1. The molecule has 2 aliphatic rings. The summed E-state index contributed by atoms with van der Waals surface area (Å²) < 4.78 is 6.36. The number of halogens is 2. The van der Waals surface area contributed by atoms with Gasteiger partial charge in [-0.25, -0.2) is 9.78 Å². The SMILES string of the molecule is O=C(N[C@@H]1C(=O)N2C(C(=O)OC(c3ccccc3)c3ccccc3)=C(Cl)CC[C@H]12)C(=NOC(c1ccccc1)(c1ccccc1)c1ccccc1)c1nc(NC(c2ccccc2)(c2ccccc2)c2ccccc2)sc1Cl. The predicted molar refractivity (Wildman–Crippen MR) is 302 cm³/mol. The Morgan fingerprint density at radius 2 is 1.00 bits per heavy atom. The molecule has 1 fully saturated rings. The third-order valence-electron chi connectivity index (χ3n) is 14.0. The summed E-state index contributed by atoms with van der Waals surface area (Å²) in [7, 11) is 0. The lowest BCUT2D eigenvalue weighted by Crippen LogP contribution is -2.72. The van der Waals surface area contributed by atoms with Crippen molar-refractivity contribution in [1.82, 2.24) is 15.2 Å². The molecule has 0 unspecified atom stereocenters. The van der Waals surface area contributed by atoms with Crippen LogP contribution in [0.4, 0.5) is 5.13 Å². The average molecular weight is 1070 g/mol. The molecule has 11 rings (SSSR count). The second-order valence-electron chi connectivity index (χ2n) is 18.6. The summed E-state index contributed by atoms with van der Waals surface area (Å²) in [6, 6.07) is 76.0. The highest BCUT2D eigenvalue weighted by Gasteiger charge is 2.54. The molecule has 2 atom stereocenters. The van der Waals surface area contributed by atoms with Gasteiger partial charge in [-0.05, 0) is 40.7 Å². The zero-order valence-corrected chi connectivity index (χ0v) is 43.6. The lowest BCUT2D eigenvalue weighted by Gasteiger charge is -2.49. The van der Waals surface area contributed by atoms with Crippen molar-refractivity contribution in [2.24, 2.45) is 5.16 Å². The third-order valence-corrected chi connectivity index (χ3v) is 15.6. The van der Waals surface area contributed by atoms with E-state index in [9.17, 15) is 9.59 Å². The number of ether oxygens (including phenoxy) is 1. The number of rotatable bonds is 17. The summed E-state index contributed by atoms with van der Waals surface area (Å²) in [6.07, 6.45) is -0.185. The standard InChI is InChI=1S/C64H49Cl2N5O5S/c65-51-41-42-52-53(60(73)71(52)56(51)61(74)75-57(43-25-9-1-10-26-43)44-27-11-2-12-28-44)67-59(72)55(70-76-64(48-35-19-6-20-36-48,49-37-21-7-22-38-49)50-39-23-8-24-40-50)54-58(66)77-62(68-54)69-63(45-29-13-3-14-30-45,46-31-15-4-16-32-46)47-33-17-5-18-34-47/h1-40,52-53,57H,41-42H2,(H,67,72)(H,68,69)/t52-,53+/m1/s1. The monoisotopic (exact) mass is 1070 g/mol. The lowest BCUT2D eigenvalue weighted by molar-refractivity contribution is -0.158. The normalized spacial score (nSPS) is 15.5. The molecule has 77 heavy (non-hydrogen) atoms. The molecule has 3 heterocycles. The largest absolute Gasteiger partial charge is 0.448 e. The van der Waals surface area contributed by atoms with Gasteiger partial charge >= 0.3 is 5.97 Å². The van der Waals surface area contributed by atoms with Gasteiger partial charge in [-0.3, -0.25) is 14.5 Å². The molecule has 0 aliphatic carbocycles. The molecule has 1 aromatic heterocycles. The summed E-state index contributed by atoms with van der Waals surface area (Å²) in [4.78, 5) is 57.7. The van der Waals surface area contributed by atoms with E-state index in [1.165, 1.54) is 4.90 Å². The van der Waals surface area contributed by atoms with Crippen molar-refractivity contribution in [1.29, 1.82) is 0 Å². The first-order valence-corrected chi connectivity index (χ1v) is 26.7. The number of allylic oxidation sites excluding steroid dienone is 1. The van der Waals surface area contributed by atoms with Crippen molar-refractivity contribution in [3.8, 4) is 0 Å². The Morgan fingerprint density at radius 1 is 0.597 bits per heavy atom. The fraction of sp³-hybridized carbons (Fsp3) is 0.109. The number of carbonyl (C=O) groups is 3. The molecule has 9 aromatic rings. The quantitative estimate of drug-likeness (QED) is 0.0306. The van der Waals surface area contributed by atoms with E-state index >= 15 is 4.79 Å². The lowest BCUT2D eigenvalue weighted by atomic mass is 9.77. The van der Waals surface area contributed by atoms with Gasteiger partial charge in [0.25, 0.3) is 11.8 Å². The van der Waals surface area contributed by atoms with E-state index in [2.05, 4.69) is 47.0 Å². The Bertz CT molecular complexity index is 3340. The molecule has 380 valence electrons. The van der Waals surface area contributed by atoms with E-state index in [0.717, 1.165) is 55.8 Å². The number of aromatic nitrogens is 1. The molecule has 0 saturated carbocycles. The van der Waals surface area contributed by atoms with Crippen molar-refractivity contribution in [2.45, 2.75) is 42.2 Å². The summed E-state index contributed by atoms with van der Waals surface area (Å²) in [5.74, 6) is -2.11. The van der Waals surface area contributed by atoms with E-state index in [0.29, 0.717) is 11.6 Å². The van der Waals surface area contributed by atoms with Crippen LogP contribution >= 0.6 is 34.5 Å². The molecule has 2 aliphatic heterocycles. The van der Waals surface area contributed by atoms with Crippen LogP contribution in [0.15, 0.2) is 259 Å². The molecular formula is C64H49Cl2N5O5S. The second-order valence-corrected chi connectivity index (χ2v) is 20.6. The van der Waals surface area contributed by atoms with Crippen LogP contribution in [-0.4, -0.2) is 45.5 Å². The fourth-order valence-corrected chi connectivity index (χ4v) is 11.8. The number of benzene rings is 8. The Hall–Kier alpha value is -8.61. The summed E-state index contributed by atoms with van der Waals surface area (Å²) in [6.45, 7) is 0.